The number of esters is 1. The number of halogens is 4. The molecule has 8 nitrogen and oxygen atoms in total. The van der Waals surface area contributed by atoms with Gasteiger partial charge in [0.25, 0.3) is 0 Å². The lowest BCUT2D eigenvalue weighted by atomic mass is 9.96. The third-order valence-electron chi connectivity index (χ3n) is 4.44. The minimum absolute atomic E-state index is 0.0208. The van der Waals surface area contributed by atoms with Crippen LogP contribution in [0, 0.1) is 5.82 Å². The summed E-state index contributed by atoms with van der Waals surface area (Å²) in [6.45, 7) is 1.15. The second-order valence-corrected chi connectivity index (χ2v) is 9.05. The van der Waals surface area contributed by atoms with Crippen LogP contribution in [0.4, 0.5) is 17.6 Å². The molecule has 2 aliphatic heterocycles. The normalized spacial score (nSPS) is 24.1. The Morgan fingerprint density at radius 3 is 2.65 bits per heavy atom. The molecule has 14 heteroatoms. The van der Waals surface area contributed by atoms with Crippen molar-refractivity contribution < 1.29 is 44.4 Å². The van der Waals surface area contributed by atoms with Crippen molar-refractivity contribution in [2.75, 3.05) is 6.26 Å². The van der Waals surface area contributed by atoms with E-state index in [-0.39, 0.29) is 35.6 Å². The van der Waals surface area contributed by atoms with E-state index >= 15 is 0 Å². The standard InChI is InChI=1S/C17H18F4N2O6S2/c1-8(24)27-11-5-3-4-10(18)13(11)12-7-6-9-14(28-12)22-16(30-2)23-15(9)29-31(25,26)17(19,20)21/h3-5,12,15-16,22-23H,6-7H2,1-2H3. The van der Waals surface area contributed by atoms with Gasteiger partial charge in [0.05, 0.1) is 5.56 Å². The van der Waals surface area contributed by atoms with E-state index in [4.69, 9.17) is 9.47 Å². The number of carbonyl (C=O) groups excluding carboxylic acids is 1. The van der Waals surface area contributed by atoms with Gasteiger partial charge in [0.1, 0.15) is 23.2 Å². The predicted octanol–water partition coefficient (Wildman–Crippen LogP) is 2.85. The zero-order valence-corrected chi connectivity index (χ0v) is 17.8. The zero-order chi connectivity index (χ0) is 23.0. The maximum Gasteiger partial charge on any atom is 0.523 e. The fourth-order valence-corrected chi connectivity index (χ4v) is 4.14. The third-order valence-corrected chi connectivity index (χ3v) is 6.18. The van der Waals surface area contributed by atoms with Gasteiger partial charge in [0.15, 0.2) is 12.1 Å². The number of ether oxygens (including phenoxy) is 2. The summed E-state index contributed by atoms with van der Waals surface area (Å²) >= 11 is 1.11. The molecule has 0 aromatic heterocycles. The number of thioether (sulfide) groups is 1. The van der Waals surface area contributed by atoms with Crippen molar-refractivity contribution in [3.63, 3.8) is 0 Å². The molecule has 0 saturated heterocycles. The van der Waals surface area contributed by atoms with Gasteiger partial charge in [0, 0.05) is 12.5 Å². The maximum absolute atomic E-state index is 14.5. The Kier molecular flexibility index (Phi) is 6.74. The van der Waals surface area contributed by atoms with Crippen LogP contribution in [0.1, 0.15) is 31.4 Å². The van der Waals surface area contributed by atoms with Gasteiger partial charge in [-0.15, -0.1) is 11.8 Å². The number of alkyl halides is 3. The van der Waals surface area contributed by atoms with Gasteiger partial charge in [-0.1, -0.05) is 6.07 Å². The number of nitrogens with one attached hydrogen (secondary N) is 2. The van der Waals surface area contributed by atoms with Gasteiger partial charge >= 0.3 is 21.6 Å². The minimum atomic E-state index is -5.88. The molecule has 0 amide bonds. The number of benzene rings is 1. The number of carbonyl (C=O) groups is 1. The topological polar surface area (TPSA) is 103 Å². The molecule has 1 aromatic carbocycles. The van der Waals surface area contributed by atoms with E-state index < -0.39 is 45.2 Å². The smallest absolute Gasteiger partial charge is 0.471 e. The van der Waals surface area contributed by atoms with Gasteiger partial charge in [-0.25, -0.2) is 8.57 Å². The Balaban J connectivity index is 1.93. The summed E-state index contributed by atoms with van der Waals surface area (Å²) in [7, 11) is -5.88. The molecule has 0 saturated carbocycles. The Hall–Kier alpha value is -2.03. The lowest BCUT2D eigenvalue weighted by Gasteiger charge is -2.39. The fourth-order valence-electron chi connectivity index (χ4n) is 3.12. The zero-order valence-electron chi connectivity index (χ0n) is 16.2. The summed E-state index contributed by atoms with van der Waals surface area (Å²) in [5.41, 5.74) is -6.29. The van der Waals surface area contributed by atoms with E-state index in [1.54, 1.807) is 6.26 Å². The molecule has 0 spiro atoms. The molecule has 0 aliphatic carbocycles. The van der Waals surface area contributed by atoms with Crippen molar-refractivity contribution >= 4 is 27.8 Å². The molecule has 0 fully saturated rings. The second kappa shape index (κ2) is 8.84. The van der Waals surface area contributed by atoms with Gasteiger partial charge < -0.3 is 14.8 Å². The molecule has 3 rings (SSSR count). The lowest BCUT2D eigenvalue weighted by Crippen LogP contribution is -2.54. The highest BCUT2D eigenvalue weighted by Gasteiger charge is 2.50. The number of hydrogen-bond donors (Lipinski definition) is 2. The van der Waals surface area contributed by atoms with Crippen LogP contribution in [0.25, 0.3) is 0 Å². The van der Waals surface area contributed by atoms with E-state index in [1.165, 1.54) is 12.1 Å². The highest BCUT2D eigenvalue weighted by atomic mass is 32.2. The first-order valence-corrected chi connectivity index (χ1v) is 11.5. The van der Waals surface area contributed by atoms with Gasteiger partial charge in [-0.05, 0) is 31.2 Å². The number of rotatable bonds is 5. The summed E-state index contributed by atoms with van der Waals surface area (Å²) in [5, 5.41) is 5.47. The summed E-state index contributed by atoms with van der Waals surface area (Å²) in [6.07, 6.45) is -0.876. The fraction of sp³-hybridized carbons (Fsp3) is 0.471. The first-order valence-electron chi connectivity index (χ1n) is 8.84. The molecule has 2 aliphatic rings. The molecular weight excluding hydrogens is 468 g/mol. The van der Waals surface area contributed by atoms with Crippen molar-refractivity contribution in [1.29, 1.82) is 0 Å². The van der Waals surface area contributed by atoms with Crippen molar-refractivity contribution in [3.8, 4) is 5.75 Å². The van der Waals surface area contributed by atoms with Crippen LogP contribution in [-0.4, -0.2) is 37.9 Å². The van der Waals surface area contributed by atoms with E-state index in [0.717, 1.165) is 24.8 Å². The van der Waals surface area contributed by atoms with Crippen LogP contribution in [0.5, 0.6) is 5.75 Å². The molecule has 2 heterocycles. The van der Waals surface area contributed by atoms with E-state index in [9.17, 15) is 30.8 Å². The Bertz CT molecular complexity index is 999. The monoisotopic (exact) mass is 486 g/mol. The predicted molar refractivity (Wildman–Crippen MR) is 101 cm³/mol. The average molecular weight is 486 g/mol. The summed E-state index contributed by atoms with van der Waals surface area (Å²) in [5.74, 6) is -1.45. The van der Waals surface area contributed by atoms with Gasteiger partial charge in [0.2, 0.25) is 0 Å². The van der Waals surface area contributed by atoms with Crippen LogP contribution < -0.4 is 15.4 Å². The molecule has 3 unspecified atom stereocenters. The first kappa shape index (κ1) is 23.6. The van der Waals surface area contributed by atoms with E-state index in [0.29, 0.717) is 0 Å². The minimum Gasteiger partial charge on any atom is -0.471 e. The van der Waals surface area contributed by atoms with Crippen LogP contribution in [-0.2, 0) is 23.8 Å². The van der Waals surface area contributed by atoms with Crippen LogP contribution in [0.2, 0.25) is 0 Å². The molecule has 1 aromatic rings. The first-order chi connectivity index (χ1) is 14.4. The molecule has 3 atom stereocenters. The van der Waals surface area contributed by atoms with Crippen LogP contribution in [0.15, 0.2) is 29.7 Å². The van der Waals surface area contributed by atoms with Crippen molar-refractivity contribution in [2.45, 2.75) is 43.1 Å². The quantitative estimate of drug-likeness (QED) is 0.214. The molecule has 0 radical (unpaired) electrons. The van der Waals surface area contributed by atoms with Crippen molar-refractivity contribution in [3.05, 3.63) is 41.0 Å². The highest BCUT2D eigenvalue weighted by molar-refractivity contribution is 7.99. The average Bonchev–Trinajstić information content (AvgIpc) is 2.66. The highest BCUT2D eigenvalue weighted by Crippen LogP contribution is 2.41. The largest absolute Gasteiger partial charge is 0.523 e. The summed E-state index contributed by atoms with van der Waals surface area (Å²) in [6, 6.07) is 3.89. The lowest BCUT2D eigenvalue weighted by molar-refractivity contribution is -0.132. The number of hydrogen-bond acceptors (Lipinski definition) is 9. The Morgan fingerprint density at radius 2 is 2.03 bits per heavy atom. The van der Waals surface area contributed by atoms with Crippen molar-refractivity contribution in [1.82, 2.24) is 10.6 Å². The van der Waals surface area contributed by atoms with E-state index in [2.05, 4.69) is 14.8 Å². The molecule has 2 N–H and O–H groups in total. The third kappa shape index (κ3) is 5.07. The van der Waals surface area contributed by atoms with Gasteiger partial charge in [-0.2, -0.15) is 21.6 Å². The molecular formula is C17H18F4N2O6S2. The second-order valence-electron chi connectivity index (χ2n) is 6.55. The van der Waals surface area contributed by atoms with E-state index in [1.807, 2.05) is 0 Å². The molecule has 0 bridgehead atoms. The van der Waals surface area contributed by atoms with Gasteiger partial charge in [-0.3, -0.25) is 10.1 Å². The Labute approximate surface area is 179 Å². The van der Waals surface area contributed by atoms with Crippen molar-refractivity contribution in [2.24, 2.45) is 0 Å². The summed E-state index contributed by atoms with van der Waals surface area (Å²) in [4.78, 5) is 11.3. The van der Waals surface area contributed by atoms with Crippen LogP contribution >= 0.6 is 11.8 Å². The summed E-state index contributed by atoms with van der Waals surface area (Å²) < 4.78 is 91.0. The maximum atomic E-state index is 14.5. The SMILES string of the molecule is CSC1NC2=C(CCC(c3c(F)cccc3OC(C)=O)O2)C(OS(=O)(=O)C(F)(F)F)N1. The van der Waals surface area contributed by atoms with Crippen LogP contribution in [0.3, 0.4) is 0 Å². The molecule has 172 valence electrons. The molecule has 31 heavy (non-hydrogen) atoms. The Morgan fingerprint density at radius 1 is 1.32 bits per heavy atom.